The predicted molar refractivity (Wildman–Crippen MR) is 141 cm³/mol. The molecule has 4 atom stereocenters. The number of nitrogens with one attached hydrogen (secondary N) is 1. The van der Waals surface area contributed by atoms with E-state index in [1.54, 1.807) is 18.2 Å². The van der Waals surface area contributed by atoms with Crippen LogP contribution in [-0.4, -0.2) is 39.2 Å². The number of benzene rings is 1. The molecule has 1 aliphatic carbocycles. The first-order valence-electron chi connectivity index (χ1n) is 14.1. The molecule has 0 radical (unpaired) electrons. The van der Waals surface area contributed by atoms with Gasteiger partial charge in [0.15, 0.2) is 0 Å². The number of rotatable bonds is 14. The number of ether oxygens (including phenoxy) is 2. The highest BCUT2D eigenvalue weighted by Gasteiger charge is 2.47. The minimum atomic E-state index is -3.79. The van der Waals surface area contributed by atoms with Crippen molar-refractivity contribution in [3.8, 4) is 0 Å². The number of carbonyl (C=O) groups excluding carboxylic acids is 1. The molecule has 1 amide bonds. The third kappa shape index (κ3) is 7.90. The summed E-state index contributed by atoms with van der Waals surface area (Å²) in [6.45, 7) is 0.900. The van der Waals surface area contributed by atoms with Gasteiger partial charge < -0.3 is 9.47 Å². The van der Waals surface area contributed by atoms with E-state index >= 15 is 0 Å². The number of carbonyl (C=O) groups is 1. The average Bonchev–Trinajstić information content (AvgIpc) is 3.49. The zero-order chi connectivity index (χ0) is 25.2. The van der Waals surface area contributed by atoms with E-state index in [4.69, 9.17) is 9.47 Å². The van der Waals surface area contributed by atoms with Gasteiger partial charge in [-0.2, -0.15) is 0 Å². The van der Waals surface area contributed by atoms with Gasteiger partial charge in [0, 0.05) is 13.0 Å². The van der Waals surface area contributed by atoms with Crippen molar-refractivity contribution in [3.63, 3.8) is 0 Å². The SMILES string of the molecule is O=C(CCC/C=C\C[C@@H]1[C@H](CCCCOC2CCCCC2)[C@@H]2CC[C@H]1O2)NS(=O)(=O)c1ccccc1. The lowest BCUT2D eigenvalue weighted by atomic mass is 9.75. The van der Waals surface area contributed by atoms with E-state index in [1.807, 2.05) is 0 Å². The van der Waals surface area contributed by atoms with E-state index in [2.05, 4.69) is 16.9 Å². The number of hydrogen-bond acceptors (Lipinski definition) is 5. The second-order valence-corrected chi connectivity index (χ2v) is 12.4. The zero-order valence-electron chi connectivity index (χ0n) is 21.5. The first-order chi connectivity index (χ1) is 17.5. The van der Waals surface area contributed by atoms with Gasteiger partial charge in [-0.3, -0.25) is 4.79 Å². The number of sulfonamides is 1. The molecular weight excluding hydrogens is 474 g/mol. The summed E-state index contributed by atoms with van der Waals surface area (Å²) in [6.07, 6.45) is 20.8. The maximum absolute atomic E-state index is 12.2. The number of allylic oxidation sites excluding steroid dienone is 2. The Labute approximate surface area is 217 Å². The molecule has 2 aliphatic heterocycles. The fourth-order valence-electron chi connectivity index (χ4n) is 6.17. The van der Waals surface area contributed by atoms with Crippen molar-refractivity contribution < 1.29 is 22.7 Å². The van der Waals surface area contributed by atoms with Crippen LogP contribution >= 0.6 is 0 Å². The largest absolute Gasteiger partial charge is 0.378 e. The van der Waals surface area contributed by atoms with E-state index in [1.165, 1.54) is 69.9 Å². The Morgan fingerprint density at radius 1 is 0.944 bits per heavy atom. The lowest BCUT2D eigenvalue weighted by Crippen LogP contribution is -2.30. The Balaban J connectivity index is 1.11. The van der Waals surface area contributed by atoms with Crippen LogP contribution in [-0.2, 0) is 24.3 Å². The van der Waals surface area contributed by atoms with Crippen LogP contribution in [0.2, 0.25) is 0 Å². The molecule has 3 aliphatic rings. The Kier molecular flexibility index (Phi) is 10.4. The van der Waals surface area contributed by atoms with Crippen molar-refractivity contribution in [2.45, 2.75) is 113 Å². The number of hydrogen-bond donors (Lipinski definition) is 1. The summed E-state index contributed by atoms with van der Waals surface area (Å²) in [4.78, 5) is 12.2. The van der Waals surface area contributed by atoms with E-state index in [9.17, 15) is 13.2 Å². The molecule has 0 spiro atoms. The number of fused-ring (bicyclic) bond motifs is 2. The third-order valence-corrected chi connectivity index (χ3v) is 9.47. The van der Waals surface area contributed by atoms with Crippen LogP contribution in [0.4, 0.5) is 0 Å². The Morgan fingerprint density at radius 3 is 2.47 bits per heavy atom. The van der Waals surface area contributed by atoms with Crippen molar-refractivity contribution >= 4 is 15.9 Å². The molecule has 200 valence electrons. The highest BCUT2D eigenvalue weighted by atomic mass is 32.2. The van der Waals surface area contributed by atoms with Crippen LogP contribution in [0.25, 0.3) is 0 Å². The summed E-state index contributed by atoms with van der Waals surface area (Å²) in [5.74, 6) is 0.789. The first-order valence-corrected chi connectivity index (χ1v) is 15.5. The van der Waals surface area contributed by atoms with Crippen LogP contribution in [0.5, 0.6) is 0 Å². The fraction of sp³-hybridized carbons (Fsp3) is 0.690. The molecule has 2 heterocycles. The molecule has 1 N–H and O–H groups in total. The lowest BCUT2D eigenvalue weighted by Gasteiger charge is -2.27. The molecule has 1 aromatic rings. The van der Waals surface area contributed by atoms with Gasteiger partial charge in [0.05, 0.1) is 23.2 Å². The molecule has 4 rings (SSSR count). The van der Waals surface area contributed by atoms with Crippen LogP contribution in [0.3, 0.4) is 0 Å². The van der Waals surface area contributed by atoms with Gasteiger partial charge in [0.25, 0.3) is 10.0 Å². The van der Waals surface area contributed by atoms with Crippen LogP contribution in [0.1, 0.15) is 89.9 Å². The molecule has 2 saturated heterocycles. The van der Waals surface area contributed by atoms with Crippen molar-refractivity contribution in [2.75, 3.05) is 6.61 Å². The van der Waals surface area contributed by atoms with Crippen molar-refractivity contribution in [1.82, 2.24) is 4.72 Å². The minimum absolute atomic E-state index is 0.109. The highest BCUT2D eigenvalue weighted by Crippen LogP contribution is 2.47. The Bertz CT molecular complexity index is 942. The van der Waals surface area contributed by atoms with Gasteiger partial charge in [-0.05, 0) is 81.8 Å². The summed E-state index contributed by atoms with van der Waals surface area (Å²) >= 11 is 0. The summed E-state index contributed by atoms with van der Waals surface area (Å²) in [6, 6.07) is 7.99. The Morgan fingerprint density at radius 2 is 1.69 bits per heavy atom. The second kappa shape index (κ2) is 13.7. The Hall–Kier alpha value is -1.70. The van der Waals surface area contributed by atoms with Gasteiger partial charge in [0.2, 0.25) is 5.91 Å². The highest BCUT2D eigenvalue weighted by molar-refractivity contribution is 7.90. The summed E-state index contributed by atoms with van der Waals surface area (Å²) < 4.78 is 39.0. The van der Waals surface area contributed by atoms with Gasteiger partial charge in [-0.1, -0.05) is 56.0 Å². The molecule has 36 heavy (non-hydrogen) atoms. The molecule has 0 aromatic heterocycles. The maximum Gasteiger partial charge on any atom is 0.264 e. The smallest absolute Gasteiger partial charge is 0.264 e. The topological polar surface area (TPSA) is 81.7 Å². The molecule has 1 saturated carbocycles. The number of unbranched alkanes of at least 4 members (excludes halogenated alkanes) is 2. The summed E-state index contributed by atoms with van der Waals surface area (Å²) in [5.41, 5.74) is 0. The maximum atomic E-state index is 12.2. The molecule has 1 aromatic carbocycles. The lowest BCUT2D eigenvalue weighted by molar-refractivity contribution is -0.119. The standard InChI is InChI=1S/C29H43NO5S/c31-29(30-36(32,33)24-15-7-4-8-16-24)19-10-2-1-9-17-25-26(28-21-20-27(25)35-28)18-11-12-22-34-23-13-5-3-6-14-23/h1,4,7-9,15-16,23,25-28H,2-3,5-6,10-14,17-22H2,(H,30,31)/b9-1-/t25-,26+,27-,28+/m1/s1. The zero-order valence-corrected chi connectivity index (χ0v) is 22.3. The molecule has 7 heteroatoms. The normalized spacial score (nSPS) is 26.6. The fourth-order valence-corrected chi connectivity index (χ4v) is 7.21. The quantitative estimate of drug-likeness (QED) is 0.245. The molecule has 2 bridgehead atoms. The van der Waals surface area contributed by atoms with Crippen LogP contribution in [0.15, 0.2) is 47.4 Å². The van der Waals surface area contributed by atoms with E-state index in [-0.39, 0.29) is 11.3 Å². The minimum Gasteiger partial charge on any atom is -0.378 e. The van der Waals surface area contributed by atoms with Gasteiger partial charge in [-0.15, -0.1) is 0 Å². The average molecular weight is 518 g/mol. The first kappa shape index (κ1) is 27.3. The van der Waals surface area contributed by atoms with Crippen molar-refractivity contribution in [1.29, 1.82) is 0 Å². The van der Waals surface area contributed by atoms with Crippen molar-refractivity contribution in [3.05, 3.63) is 42.5 Å². The van der Waals surface area contributed by atoms with Crippen LogP contribution in [0, 0.1) is 11.8 Å². The van der Waals surface area contributed by atoms with Crippen LogP contribution < -0.4 is 4.72 Å². The van der Waals surface area contributed by atoms with Gasteiger partial charge >= 0.3 is 0 Å². The number of amides is 1. The monoisotopic (exact) mass is 517 g/mol. The van der Waals surface area contributed by atoms with Gasteiger partial charge in [-0.25, -0.2) is 13.1 Å². The third-order valence-electron chi connectivity index (χ3n) is 8.08. The van der Waals surface area contributed by atoms with E-state index in [0.717, 1.165) is 25.9 Å². The van der Waals surface area contributed by atoms with Crippen molar-refractivity contribution in [2.24, 2.45) is 11.8 Å². The molecular formula is C29H43NO5S. The molecule has 6 nitrogen and oxygen atoms in total. The molecule has 0 unspecified atom stereocenters. The van der Waals surface area contributed by atoms with Gasteiger partial charge in [0.1, 0.15) is 0 Å². The second-order valence-electron chi connectivity index (χ2n) is 10.7. The van der Waals surface area contributed by atoms with E-state index < -0.39 is 15.9 Å². The summed E-state index contributed by atoms with van der Waals surface area (Å²) in [7, 11) is -3.79. The van der Waals surface area contributed by atoms with E-state index in [0.29, 0.717) is 36.6 Å². The predicted octanol–water partition coefficient (Wildman–Crippen LogP) is 5.92. The molecule has 3 fully saturated rings. The summed E-state index contributed by atoms with van der Waals surface area (Å²) in [5, 5.41) is 0.